The fourth-order valence-electron chi connectivity index (χ4n) is 3.44. The molecule has 1 aliphatic carbocycles. The average Bonchev–Trinajstić information content (AvgIpc) is 2.60. The van der Waals surface area contributed by atoms with Crippen molar-refractivity contribution in [2.75, 3.05) is 20.2 Å². The van der Waals surface area contributed by atoms with Crippen molar-refractivity contribution in [3.05, 3.63) is 65.2 Å². The van der Waals surface area contributed by atoms with Gasteiger partial charge in [0.2, 0.25) is 0 Å². The van der Waals surface area contributed by atoms with E-state index in [1.54, 1.807) is 0 Å². The molecule has 2 nitrogen and oxygen atoms in total. The lowest BCUT2D eigenvalue weighted by Gasteiger charge is -2.20. The Labute approximate surface area is 152 Å². The van der Waals surface area contributed by atoms with Crippen LogP contribution >= 0.6 is 12.4 Å². The van der Waals surface area contributed by atoms with Gasteiger partial charge in [-0.2, -0.15) is 0 Å². The Kier molecular flexibility index (Phi) is 7.61. The van der Waals surface area contributed by atoms with E-state index >= 15 is 0 Å². The monoisotopic (exact) mass is 345 g/mol. The molecule has 0 aromatic heterocycles. The van der Waals surface area contributed by atoms with Crippen LogP contribution in [0.4, 0.5) is 0 Å². The molecule has 0 saturated carbocycles. The summed E-state index contributed by atoms with van der Waals surface area (Å²) in [5.74, 6) is 1.51. The maximum Gasteiger partial charge on any atom is 0.119 e. The van der Waals surface area contributed by atoms with E-state index in [9.17, 15) is 0 Å². The van der Waals surface area contributed by atoms with Gasteiger partial charge in [0.15, 0.2) is 0 Å². The van der Waals surface area contributed by atoms with Crippen molar-refractivity contribution in [2.45, 2.75) is 32.1 Å². The van der Waals surface area contributed by atoms with Gasteiger partial charge in [-0.3, -0.25) is 0 Å². The van der Waals surface area contributed by atoms with E-state index in [1.807, 2.05) is 7.05 Å². The molecular formula is C21H28ClNO. The molecule has 130 valence electrons. The first kappa shape index (κ1) is 18.8. The van der Waals surface area contributed by atoms with E-state index in [-0.39, 0.29) is 12.4 Å². The number of rotatable bonds is 7. The molecule has 1 N–H and O–H groups in total. The van der Waals surface area contributed by atoms with Gasteiger partial charge in [0.05, 0.1) is 6.61 Å². The molecule has 0 saturated heterocycles. The third-order valence-corrected chi connectivity index (χ3v) is 4.67. The predicted molar refractivity (Wildman–Crippen MR) is 103 cm³/mol. The number of nitrogens with one attached hydrogen (secondary N) is 1. The minimum absolute atomic E-state index is 0. The molecule has 3 heteroatoms. The minimum Gasteiger partial charge on any atom is -0.493 e. The molecule has 1 atom stereocenters. The summed E-state index contributed by atoms with van der Waals surface area (Å²) in [6.45, 7) is 1.73. The van der Waals surface area contributed by atoms with Gasteiger partial charge in [-0.25, -0.2) is 0 Å². The van der Waals surface area contributed by atoms with Gasteiger partial charge in [-0.05, 0) is 68.0 Å². The summed E-state index contributed by atoms with van der Waals surface area (Å²) < 4.78 is 6.12. The van der Waals surface area contributed by atoms with E-state index in [0.717, 1.165) is 25.3 Å². The van der Waals surface area contributed by atoms with Gasteiger partial charge in [0, 0.05) is 12.5 Å². The molecule has 2 aromatic carbocycles. The van der Waals surface area contributed by atoms with Gasteiger partial charge in [0.1, 0.15) is 5.75 Å². The molecule has 0 spiro atoms. The van der Waals surface area contributed by atoms with Crippen molar-refractivity contribution in [2.24, 2.45) is 5.92 Å². The molecule has 0 amide bonds. The van der Waals surface area contributed by atoms with E-state index in [1.165, 1.54) is 42.4 Å². The quantitative estimate of drug-likeness (QED) is 0.800. The highest BCUT2D eigenvalue weighted by Gasteiger charge is 2.13. The third-order valence-electron chi connectivity index (χ3n) is 4.67. The highest BCUT2D eigenvalue weighted by molar-refractivity contribution is 5.85. The van der Waals surface area contributed by atoms with Crippen LogP contribution in [0.3, 0.4) is 0 Å². The van der Waals surface area contributed by atoms with Crippen LogP contribution in [0.15, 0.2) is 48.5 Å². The number of benzene rings is 2. The molecule has 0 aliphatic heterocycles. The molecule has 0 fully saturated rings. The van der Waals surface area contributed by atoms with Crippen LogP contribution in [0.25, 0.3) is 0 Å². The second kappa shape index (κ2) is 9.71. The Morgan fingerprint density at radius 2 is 1.75 bits per heavy atom. The van der Waals surface area contributed by atoms with Gasteiger partial charge in [0.25, 0.3) is 0 Å². The first-order valence-corrected chi connectivity index (χ1v) is 8.78. The summed E-state index contributed by atoms with van der Waals surface area (Å²) in [5.41, 5.74) is 4.38. The molecule has 2 aromatic rings. The first-order valence-electron chi connectivity index (χ1n) is 8.78. The number of aryl methyl sites for hydroxylation is 2. The summed E-state index contributed by atoms with van der Waals surface area (Å²) >= 11 is 0. The van der Waals surface area contributed by atoms with Crippen molar-refractivity contribution in [3.63, 3.8) is 0 Å². The van der Waals surface area contributed by atoms with E-state index in [0.29, 0.717) is 5.92 Å². The first-order chi connectivity index (χ1) is 11.3. The lowest BCUT2D eigenvalue weighted by atomic mass is 9.92. The third kappa shape index (κ3) is 5.25. The zero-order valence-corrected chi connectivity index (χ0v) is 15.3. The molecule has 1 unspecified atom stereocenters. The van der Waals surface area contributed by atoms with Crippen molar-refractivity contribution in [1.82, 2.24) is 5.32 Å². The van der Waals surface area contributed by atoms with Crippen LogP contribution in [-0.4, -0.2) is 20.2 Å². The second-order valence-electron chi connectivity index (χ2n) is 6.56. The predicted octanol–water partition coefficient (Wildman–Crippen LogP) is 4.44. The fourth-order valence-corrected chi connectivity index (χ4v) is 3.44. The topological polar surface area (TPSA) is 21.3 Å². The summed E-state index contributed by atoms with van der Waals surface area (Å²) in [6, 6.07) is 17.3. The number of halogens is 1. The van der Waals surface area contributed by atoms with Crippen LogP contribution in [0.2, 0.25) is 0 Å². The van der Waals surface area contributed by atoms with E-state index in [4.69, 9.17) is 4.74 Å². The fraction of sp³-hybridized carbons (Fsp3) is 0.429. The summed E-state index contributed by atoms with van der Waals surface area (Å²) in [4.78, 5) is 0. The highest BCUT2D eigenvalue weighted by atomic mass is 35.5. The van der Waals surface area contributed by atoms with Crippen molar-refractivity contribution in [1.29, 1.82) is 0 Å². The zero-order chi connectivity index (χ0) is 15.9. The van der Waals surface area contributed by atoms with Crippen LogP contribution in [0.1, 0.15) is 29.5 Å². The molecule has 0 radical (unpaired) electrons. The normalized spacial score (nSPS) is 14.4. The van der Waals surface area contributed by atoms with Gasteiger partial charge in [-0.15, -0.1) is 12.4 Å². The molecule has 3 rings (SSSR count). The molecule has 24 heavy (non-hydrogen) atoms. The van der Waals surface area contributed by atoms with Crippen LogP contribution in [0.5, 0.6) is 5.75 Å². The smallest absolute Gasteiger partial charge is 0.119 e. The van der Waals surface area contributed by atoms with Gasteiger partial charge < -0.3 is 10.1 Å². The van der Waals surface area contributed by atoms with E-state index < -0.39 is 0 Å². The maximum atomic E-state index is 6.12. The Bertz CT molecular complexity index is 614. The largest absolute Gasteiger partial charge is 0.493 e. The molecular weight excluding hydrogens is 318 g/mol. The second-order valence-corrected chi connectivity index (χ2v) is 6.56. The van der Waals surface area contributed by atoms with Crippen molar-refractivity contribution >= 4 is 12.4 Å². The highest BCUT2D eigenvalue weighted by Crippen LogP contribution is 2.25. The summed E-state index contributed by atoms with van der Waals surface area (Å²) in [5, 5.41) is 3.29. The lowest BCUT2D eigenvalue weighted by molar-refractivity contribution is 0.245. The van der Waals surface area contributed by atoms with Crippen molar-refractivity contribution in [3.8, 4) is 5.75 Å². The van der Waals surface area contributed by atoms with Crippen LogP contribution in [-0.2, 0) is 19.3 Å². The Balaban J connectivity index is 0.00000208. The Hall–Kier alpha value is -1.51. The number of ether oxygens (including phenoxy) is 1. The van der Waals surface area contributed by atoms with Crippen LogP contribution < -0.4 is 10.1 Å². The average molecular weight is 346 g/mol. The standard InChI is InChI=1S/C21H27NO.ClH/c1-22-15-18(13-17-7-3-2-4-8-17)16-23-21-12-11-19-9-5-6-10-20(19)14-21;/h2-4,7-8,11-12,14,18,22H,5-6,9-10,13,15-16H2,1H3;1H. The summed E-state index contributed by atoms with van der Waals surface area (Å²) in [6.07, 6.45) is 6.12. The van der Waals surface area contributed by atoms with Gasteiger partial charge >= 0.3 is 0 Å². The minimum atomic E-state index is 0. The van der Waals surface area contributed by atoms with Crippen LogP contribution in [0, 0.1) is 5.92 Å². The van der Waals surface area contributed by atoms with Crippen molar-refractivity contribution < 1.29 is 4.74 Å². The Morgan fingerprint density at radius 1 is 1.00 bits per heavy atom. The summed E-state index contributed by atoms with van der Waals surface area (Å²) in [7, 11) is 2.01. The maximum absolute atomic E-state index is 6.12. The Morgan fingerprint density at radius 3 is 2.50 bits per heavy atom. The molecule has 0 bridgehead atoms. The zero-order valence-electron chi connectivity index (χ0n) is 14.5. The molecule has 0 heterocycles. The molecule has 1 aliphatic rings. The van der Waals surface area contributed by atoms with Gasteiger partial charge in [-0.1, -0.05) is 36.4 Å². The SMILES string of the molecule is CNCC(COc1ccc2c(c1)CCCC2)Cc1ccccc1.Cl. The number of fused-ring (bicyclic) bond motifs is 1. The van der Waals surface area contributed by atoms with E-state index in [2.05, 4.69) is 53.8 Å². The number of hydrogen-bond acceptors (Lipinski definition) is 2. The number of hydrogen-bond donors (Lipinski definition) is 1. The lowest BCUT2D eigenvalue weighted by Crippen LogP contribution is -2.26.